The number of nitrogens with zero attached hydrogens (tertiary/aromatic N) is 1. The molecule has 0 saturated heterocycles. The zero-order chi connectivity index (χ0) is 16.7. The number of halogens is 1. The lowest BCUT2D eigenvalue weighted by atomic mass is 10.2. The molecule has 1 heterocycles. The van der Waals surface area contributed by atoms with Crippen molar-refractivity contribution in [3.05, 3.63) is 39.3 Å². The first-order valence-corrected chi connectivity index (χ1v) is 7.11. The molecule has 0 amide bonds. The molecular formula is C14H17FN2O4S. The van der Waals surface area contributed by atoms with Crippen molar-refractivity contribution in [3.63, 3.8) is 0 Å². The van der Waals surface area contributed by atoms with Crippen molar-refractivity contribution in [2.45, 2.75) is 32.6 Å². The Hall–Kier alpha value is -2.09. The van der Waals surface area contributed by atoms with Gasteiger partial charge in [-0.25, -0.2) is 4.79 Å². The number of H-pyrrole nitrogens is 1. The van der Waals surface area contributed by atoms with Crippen LogP contribution in [-0.4, -0.2) is 28.0 Å². The highest BCUT2D eigenvalue weighted by molar-refractivity contribution is 7.71. The van der Waals surface area contributed by atoms with E-state index >= 15 is 0 Å². The highest BCUT2D eigenvalue weighted by Crippen LogP contribution is 2.04. The van der Waals surface area contributed by atoms with Gasteiger partial charge in [-0.1, -0.05) is 6.58 Å². The molecule has 0 saturated carbocycles. The van der Waals surface area contributed by atoms with Gasteiger partial charge in [0.2, 0.25) is 11.7 Å². The van der Waals surface area contributed by atoms with E-state index in [-0.39, 0.29) is 17.8 Å². The van der Waals surface area contributed by atoms with Crippen LogP contribution < -0.4 is 5.56 Å². The second-order valence-corrected chi connectivity index (χ2v) is 5.11. The maximum absolute atomic E-state index is 13.1. The maximum Gasteiger partial charge on any atom is 0.333 e. The molecule has 22 heavy (non-hydrogen) atoms. The maximum atomic E-state index is 13.1. The van der Waals surface area contributed by atoms with Crippen molar-refractivity contribution < 1.29 is 18.7 Å². The van der Waals surface area contributed by atoms with Crippen LogP contribution in [0.25, 0.3) is 0 Å². The van der Waals surface area contributed by atoms with E-state index in [1.165, 1.54) is 0 Å². The van der Waals surface area contributed by atoms with E-state index in [0.717, 1.165) is 10.8 Å². The molecule has 1 N–H and O–H groups in total. The van der Waals surface area contributed by atoms with Crippen molar-refractivity contribution in [1.82, 2.24) is 9.55 Å². The van der Waals surface area contributed by atoms with Crippen molar-refractivity contribution in [3.8, 4) is 0 Å². The Morgan fingerprint density at radius 1 is 1.41 bits per heavy atom. The average Bonchev–Trinajstić information content (AvgIpc) is 2.45. The van der Waals surface area contributed by atoms with E-state index in [0.29, 0.717) is 24.8 Å². The van der Waals surface area contributed by atoms with Gasteiger partial charge in [0.05, 0.1) is 12.8 Å². The predicted molar refractivity (Wildman–Crippen MR) is 80.7 cm³/mol. The van der Waals surface area contributed by atoms with E-state index in [2.05, 4.69) is 11.6 Å². The fourth-order valence-electron chi connectivity index (χ4n) is 1.60. The molecule has 0 aliphatic carbocycles. The van der Waals surface area contributed by atoms with Gasteiger partial charge in [0.25, 0.3) is 5.56 Å². The molecule has 120 valence electrons. The third kappa shape index (κ3) is 5.36. The van der Waals surface area contributed by atoms with Crippen molar-refractivity contribution in [2.75, 3.05) is 6.61 Å². The Morgan fingerprint density at radius 2 is 2.09 bits per heavy atom. The molecule has 0 radical (unpaired) electrons. The minimum atomic E-state index is -1.06. The summed E-state index contributed by atoms with van der Waals surface area (Å²) in [6, 6.07) is 0. The molecule has 1 aromatic rings. The number of hydrogen-bond acceptors (Lipinski definition) is 5. The van der Waals surface area contributed by atoms with Gasteiger partial charge in [-0.3, -0.25) is 19.1 Å². The SMILES string of the molecule is C=C(C)C(=O)OCCCCCC(=O)n1cc(F)c(=O)[nH]c1=S. The Balaban J connectivity index is 2.37. The quantitative estimate of drug-likeness (QED) is 0.360. The van der Waals surface area contributed by atoms with Gasteiger partial charge >= 0.3 is 5.97 Å². The zero-order valence-corrected chi connectivity index (χ0v) is 13.0. The summed E-state index contributed by atoms with van der Waals surface area (Å²) in [4.78, 5) is 36.0. The molecule has 0 bridgehead atoms. The van der Waals surface area contributed by atoms with E-state index in [1.54, 1.807) is 6.92 Å². The highest BCUT2D eigenvalue weighted by atomic mass is 32.1. The number of aromatic nitrogens is 2. The van der Waals surface area contributed by atoms with Gasteiger partial charge < -0.3 is 4.74 Å². The zero-order valence-electron chi connectivity index (χ0n) is 12.2. The van der Waals surface area contributed by atoms with E-state index in [1.807, 2.05) is 0 Å². The molecule has 0 spiro atoms. The van der Waals surface area contributed by atoms with Gasteiger partial charge in [0.15, 0.2) is 4.77 Å². The fraction of sp³-hybridized carbons (Fsp3) is 0.429. The minimum absolute atomic E-state index is 0.133. The van der Waals surface area contributed by atoms with Crippen molar-refractivity contribution in [2.24, 2.45) is 0 Å². The van der Waals surface area contributed by atoms with Crippen LogP contribution in [-0.2, 0) is 9.53 Å². The van der Waals surface area contributed by atoms with E-state index in [9.17, 15) is 18.8 Å². The first-order chi connectivity index (χ1) is 10.3. The highest BCUT2D eigenvalue weighted by Gasteiger charge is 2.09. The van der Waals surface area contributed by atoms with Crippen LogP contribution in [0.4, 0.5) is 4.39 Å². The Kier molecular flexibility index (Phi) is 6.84. The lowest BCUT2D eigenvalue weighted by molar-refractivity contribution is -0.139. The van der Waals surface area contributed by atoms with Gasteiger partial charge in [-0.2, -0.15) is 4.39 Å². The summed E-state index contributed by atoms with van der Waals surface area (Å²) in [5.74, 6) is -1.90. The number of carbonyl (C=O) groups is 2. The molecule has 1 rings (SSSR count). The Bertz CT molecular complexity index is 693. The van der Waals surface area contributed by atoms with Crippen molar-refractivity contribution in [1.29, 1.82) is 0 Å². The van der Waals surface area contributed by atoms with Gasteiger partial charge in [0.1, 0.15) is 0 Å². The second-order valence-electron chi connectivity index (χ2n) is 4.73. The molecule has 0 fully saturated rings. The molecular weight excluding hydrogens is 311 g/mol. The first kappa shape index (κ1) is 18.0. The van der Waals surface area contributed by atoms with Gasteiger partial charge in [-0.15, -0.1) is 0 Å². The second kappa shape index (κ2) is 8.38. The average molecular weight is 328 g/mol. The normalized spacial score (nSPS) is 10.3. The molecule has 8 heteroatoms. The lowest BCUT2D eigenvalue weighted by Gasteiger charge is -2.06. The number of carbonyl (C=O) groups excluding carboxylic acids is 2. The van der Waals surface area contributed by atoms with Crippen LogP contribution >= 0.6 is 12.2 Å². The third-order valence-corrected chi connectivity index (χ3v) is 3.08. The topological polar surface area (TPSA) is 81.2 Å². The van der Waals surface area contributed by atoms with E-state index in [4.69, 9.17) is 17.0 Å². The molecule has 0 atom stereocenters. The molecule has 0 aromatic carbocycles. The fourth-order valence-corrected chi connectivity index (χ4v) is 1.84. The summed E-state index contributed by atoms with van der Waals surface area (Å²) in [7, 11) is 0. The van der Waals surface area contributed by atoms with E-state index < -0.39 is 23.3 Å². The largest absolute Gasteiger partial charge is 0.462 e. The van der Waals surface area contributed by atoms with Crippen LogP contribution in [0.5, 0.6) is 0 Å². The van der Waals surface area contributed by atoms with Crippen LogP contribution in [0.15, 0.2) is 23.1 Å². The summed E-state index contributed by atoms with van der Waals surface area (Å²) < 4.78 is 18.8. The number of nitrogens with one attached hydrogen (secondary N) is 1. The van der Waals surface area contributed by atoms with Crippen LogP contribution in [0.1, 0.15) is 37.4 Å². The first-order valence-electron chi connectivity index (χ1n) is 6.70. The number of ether oxygens (including phenoxy) is 1. The van der Waals surface area contributed by atoms with Crippen LogP contribution in [0.2, 0.25) is 0 Å². The molecule has 6 nitrogen and oxygen atoms in total. The summed E-state index contributed by atoms with van der Waals surface area (Å²) >= 11 is 4.80. The summed E-state index contributed by atoms with van der Waals surface area (Å²) in [5, 5.41) is 0. The number of unbranched alkanes of at least 4 members (excludes halogenated alkanes) is 2. The third-order valence-electron chi connectivity index (χ3n) is 2.78. The van der Waals surface area contributed by atoms with Crippen LogP contribution in [0, 0.1) is 10.6 Å². The van der Waals surface area contributed by atoms with Gasteiger partial charge in [-0.05, 0) is 38.4 Å². The standard InChI is InChI=1S/C14H17FN2O4S/c1-9(2)13(20)21-7-5-3-4-6-11(18)17-8-10(15)12(19)16-14(17)22/h8H,1,3-7H2,2H3,(H,16,19,22). The van der Waals surface area contributed by atoms with Gasteiger partial charge in [0, 0.05) is 12.0 Å². The molecule has 0 unspecified atom stereocenters. The van der Waals surface area contributed by atoms with Crippen molar-refractivity contribution >= 4 is 24.1 Å². The Morgan fingerprint density at radius 3 is 2.73 bits per heavy atom. The Labute approximate surface area is 131 Å². The molecule has 1 aromatic heterocycles. The van der Waals surface area contributed by atoms with Crippen LogP contribution in [0.3, 0.4) is 0 Å². The molecule has 0 aliphatic heterocycles. The number of rotatable bonds is 7. The summed E-state index contributed by atoms with van der Waals surface area (Å²) in [6.45, 7) is 5.28. The molecule has 0 aliphatic rings. The predicted octanol–water partition coefficient (Wildman–Crippen LogP) is 2.36. The minimum Gasteiger partial charge on any atom is -0.462 e. The monoisotopic (exact) mass is 328 g/mol. The number of aromatic amines is 1. The summed E-state index contributed by atoms with van der Waals surface area (Å²) in [6.07, 6.45) is 2.74. The number of esters is 1. The smallest absolute Gasteiger partial charge is 0.333 e. The summed E-state index contributed by atoms with van der Waals surface area (Å²) in [5.41, 5.74) is -0.613. The lowest BCUT2D eigenvalue weighted by Crippen LogP contribution is -2.21. The number of hydrogen-bond donors (Lipinski definition) is 1.